The van der Waals surface area contributed by atoms with Crippen LogP contribution in [0.3, 0.4) is 0 Å². The molecule has 7 rings (SSSR count). The fourth-order valence-corrected chi connectivity index (χ4v) is 5.55. The van der Waals surface area contributed by atoms with Crippen LogP contribution in [0.4, 0.5) is 5.69 Å². The maximum Gasteiger partial charge on any atom is 0.265 e. The lowest BCUT2D eigenvalue weighted by Gasteiger charge is -2.35. The van der Waals surface area contributed by atoms with E-state index < -0.39 is 5.60 Å². The second kappa shape index (κ2) is 8.24. The Morgan fingerprint density at radius 1 is 1.08 bits per heavy atom. The summed E-state index contributed by atoms with van der Waals surface area (Å²) in [5.41, 5.74) is 11.0. The summed E-state index contributed by atoms with van der Waals surface area (Å²) < 4.78 is 5.73. The molecule has 0 aliphatic carbocycles. The number of hydrogen-bond acceptors (Lipinski definition) is 9. The van der Waals surface area contributed by atoms with E-state index in [9.17, 15) is 5.11 Å². The number of nitrogens with one attached hydrogen (secondary N) is 3. The molecule has 0 bridgehead atoms. The average molecular weight is 514 g/mol. The van der Waals surface area contributed by atoms with E-state index in [1.807, 2.05) is 72.7 Å². The number of ether oxygens (including phenoxy) is 1. The number of rotatable bonds is 4. The molecular weight excluding hydrogens is 490 g/mol. The van der Waals surface area contributed by atoms with Gasteiger partial charge in [-0.05, 0) is 53.1 Å². The third kappa shape index (κ3) is 3.39. The Morgan fingerprint density at radius 3 is 2.78 bits per heavy atom. The maximum absolute atomic E-state index is 12.6. The van der Waals surface area contributed by atoms with E-state index in [-0.39, 0.29) is 0 Å². The number of aliphatic imine (C=N–C) groups is 1. The molecule has 10 heteroatoms. The number of anilines is 1. The van der Waals surface area contributed by atoms with Crippen LogP contribution in [0.25, 0.3) is 0 Å². The van der Waals surface area contributed by atoms with Crippen LogP contribution in [-0.2, 0) is 12.0 Å². The molecule has 9 nitrogen and oxygen atoms in total. The number of guanidine groups is 1. The number of nitrogens with zero attached hydrogens (tertiary/aromatic N) is 4. The number of hydrazine groups is 2. The van der Waals surface area contributed by atoms with Crippen LogP contribution in [0, 0.1) is 0 Å². The van der Waals surface area contributed by atoms with Gasteiger partial charge in [-0.2, -0.15) is 0 Å². The van der Waals surface area contributed by atoms with Crippen molar-refractivity contribution in [3.8, 4) is 5.75 Å². The third-order valence-electron chi connectivity index (χ3n) is 7.19. The quantitative estimate of drug-likeness (QED) is 0.426. The van der Waals surface area contributed by atoms with Crippen molar-refractivity contribution < 1.29 is 9.84 Å². The summed E-state index contributed by atoms with van der Waals surface area (Å²) in [7, 11) is 1.97. The zero-order valence-corrected chi connectivity index (χ0v) is 20.8. The Morgan fingerprint density at radius 2 is 1.95 bits per heavy atom. The van der Waals surface area contributed by atoms with Gasteiger partial charge in [0.1, 0.15) is 5.75 Å². The van der Waals surface area contributed by atoms with Gasteiger partial charge in [-0.1, -0.05) is 35.9 Å². The first-order chi connectivity index (χ1) is 18.0. The van der Waals surface area contributed by atoms with Gasteiger partial charge in [0.05, 0.1) is 30.4 Å². The van der Waals surface area contributed by atoms with Gasteiger partial charge in [0.25, 0.3) is 5.96 Å². The number of fused-ring (bicyclic) bond motifs is 4. The number of halogens is 1. The highest BCUT2D eigenvalue weighted by Crippen LogP contribution is 2.43. The van der Waals surface area contributed by atoms with E-state index in [1.165, 1.54) is 0 Å². The summed E-state index contributed by atoms with van der Waals surface area (Å²) in [6.07, 6.45) is 2.70. The predicted octanol–water partition coefficient (Wildman–Crippen LogP) is 2.80. The Hall–Kier alpha value is -4.05. The average Bonchev–Trinajstić information content (AvgIpc) is 3.67. The molecule has 4 N–H and O–H groups in total. The molecule has 37 heavy (non-hydrogen) atoms. The normalized spacial score (nSPS) is 18.9. The Bertz CT molecular complexity index is 1530. The van der Waals surface area contributed by atoms with Gasteiger partial charge in [0, 0.05) is 35.8 Å². The molecule has 0 saturated heterocycles. The zero-order valence-electron chi connectivity index (χ0n) is 20.0. The molecule has 0 fully saturated rings. The molecule has 4 heterocycles. The van der Waals surface area contributed by atoms with E-state index in [0.29, 0.717) is 29.8 Å². The fraction of sp³-hybridized carbons (Fsp3) is 0.185. The molecule has 4 aliphatic rings. The van der Waals surface area contributed by atoms with Crippen molar-refractivity contribution >= 4 is 29.0 Å². The van der Waals surface area contributed by atoms with Gasteiger partial charge in [-0.15, -0.1) is 10.6 Å². The predicted molar refractivity (Wildman–Crippen MR) is 142 cm³/mol. The standard InChI is InChI=1S/C27H24ClN7O2/c1-34-15-29-14-24(34)27(36,18-6-8-23-16(11-18)9-10-37-23)19-5-7-22-21(13-19)25(17-3-2-4-20(28)12-17)30-26-31-32-33-35(22)26/h2-8,11-14,29,32-33,36H,9-10,15H2,1H3. The highest BCUT2D eigenvalue weighted by molar-refractivity contribution is 6.32. The van der Waals surface area contributed by atoms with E-state index in [1.54, 1.807) is 5.01 Å². The first-order valence-electron chi connectivity index (χ1n) is 12.0. The van der Waals surface area contributed by atoms with Crippen molar-refractivity contribution in [2.45, 2.75) is 12.0 Å². The first kappa shape index (κ1) is 22.2. The molecule has 0 aromatic heterocycles. The van der Waals surface area contributed by atoms with Crippen LogP contribution in [0.1, 0.15) is 27.8 Å². The van der Waals surface area contributed by atoms with Gasteiger partial charge in [-0.3, -0.25) is 0 Å². The monoisotopic (exact) mass is 513 g/mol. The molecule has 4 aliphatic heterocycles. The lowest BCUT2D eigenvalue weighted by atomic mass is 9.81. The summed E-state index contributed by atoms with van der Waals surface area (Å²) >= 11 is 6.34. The van der Waals surface area contributed by atoms with Crippen LogP contribution in [0.2, 0.25) is 5.02 Å². The van der Waals surface area contributed by atoms with Crippen molar-refractivity contribution in [1.29, 1.82) is 0 Å². The smallest absolute Gasteiger partial charge is 0.265 e. The lowest BCUT2D eigenvalue weighted by molar-refractivity contribution is 0.0930. The Kier molecular flexibility index (Phi) is 4.94. The van der Waals surface area contributed by atoms with Gasteiger partial charge < -0.3 is 20.1 Å². The SMILES string of the molecule is CN1CNC=C1C(O)(c1ccc2c(c1)CCO2)c1ccc2c(c1)C(c1cccc(Cl)c1)=NC1=NNNN12. The highest BCUT2D eigenvalue weighted by atomic mass is 35.5. The largest absolute Gasteiger partial charge is 0.493 e. The number of hydrazone groups is 1. The van der Waals surface area contributed by atoms with Crippen LogP contribution < -0.4 is 26.1 Å². The van der Waals surface area contributed by atoms with Gasteiger partial charge in [0.2, 0.25) is 0 Å². The minimum absolute atomic E-state index is 0.492. The number of hydrogen-bond donors (Lipinski definition) is 4. The van der Waals surface area contributed by atoms with Crippen LogP contribution in [0.15, 0.2) is 82.7 Å². The molecule has 186 valence electrons. The zero-order chi connectivity index (χ0) is 25.1. The van der Waals surface area contributed by atoms with E-state index in [0.717, 1.165) is 51.5 Å². The highest BCUT2D eigenvalue weighted by Gasteiger charge is 2.42. The minimum atomic E-state index is -1.42. The van der Waals surface area contributed by atoms with E-state index >= 15 is 0 Å². The summed E-state index contributed by atoms with van der Waals surface area (Å²) in [6, 6.07) is 19.5. The van der Waals surface area contributed by atoms with Crippen LogP contribution in [-0.4, -0.2) is 42.0 Å². The second-order valence-corrected chi connectivity index (χ2v) is 9.83. The molecule has 0 saturated carbocycles. The van der Waals surface area contributed by atoms with Crippen molar-refractivity contribution in [2.24, 2.45) is 10.1 Å². The molecule has 1 atom stereocenters. The van der Waals surface area contributed by atoms with Gasteiger partial charge >= 0.3 is 0 Å². The van der Waals surface area contributed by atoms with Crippen molar-refractivity contribution in [3.05, 3.63) is 105 Å². The fourth-order valence-electron chi connectivity index (χ4n) is 5.36. The molecule has 1 unspecified atom stereocenters. The van der Waals surface area contributed by atoms with E-state index in [4.69, 9.17) is 21.3 Å². The molecule has 0 amide bonds. The van der Waals surface area contributed by atoms with Crippen LogP contribution in [0.5, 0.6) is 5.75 Å². The van der Waals surface area contributed by atoms with Crippen molar-refractivity contribution in [1.82, 2.24) is 21.3 Å². The second-order valence-electron chi connectivity index (χ2n) is 9.39. The minimum Gasteiger partial charge on any atom is -0.493 e. The Balaban J connectivity index is 1.43. The van der Waals surface area contributed by atoms with Crippen molar-refractivity contribution in [3.63, 3.8) is 0 Å². The summed E-state index contributed by atoms with van der Waals surface area (Å²) in [5.74, 6) is 1.37. The van der Waals surface area contributed by atoms with Gasteiger partial charge in [-0.25, -0.2) is 15.5 Å². The van der Waals surface area contributed by atoms with E-state index in [2.05, 4.69) is 27.6 Å². The molecule has 0 radical (unpaired) electrons. The maximum atomic E-state index is 12.6. The molecule has 3 aromatic rings. The third-order valence-corrected chi connectivity index (χ3v) is 7.43. The summed E-state index contributed by atoms with van der Waals surface area (Å²) in [5, 5.41) is 22.5. The molecular formula is C27H24ClN7O2. The first-order valence-corrected chi connectivity index (χ1v) is 12.4. The van der Waals surface area contributed by atoms with Crippen molar-refractivity contribution in [2.75, 3.05) is 25.3 Å². The molecule has 0 spiro atoms. The summed E-state index contributed by atoms with van der Waals surface area (Å²) in [4.78, 5) is 6.85. The molecule has 3 aromatic carbocycles. The number of benzene rings is 3. The van der Waals surface area contributed by atoms with Gasteiger partial charge in [0.15, 0.2) is 5.60 Å². The number of likely N-dealkylation sites (N-methyl/N-ethyl adjacent to an activating group) is 1. The topological polar surface area (TPSA) is 96.8 Å². The lowest BCUT2D eigenvalue weighted by Crippen LogP contribution is -2.44. The summed E-state index contributed by atoms with van der Waals surface area (Å²) in [6.45, 7) is 1.26. The number of aliphatic hydroxyl groups is 1. The van der Waals surface area contributed by atoms with Crippen LogP contribution >= 0.6 is 11.6 Å². The Labute approximate surface area is 218 Å².